The zero-order chi connectivity index (χ0) is 44.4. The molecule has 6 nitrogen and oxygen atoms in total. The van der Waals surface area contributed by atoms with E-state index < -0.39 is 6.10 Å². The molecule has 6 heteroatoms. The Labute approximate surface area is 380 Å². The predicted octanol–water partition coefficient (Wildman–Crippen LogP) is 17.8. The van der Waals surface area contributed by atoms with Gasteiger partial charge >= 0.3 is 17.9 Å². The molecule has 0 heterocycles. The third-order valence-corrected chi connectivity index (χ3v) is 12.3. The highest BCUT2D eigenvalue weighted by Crippen LogP contribution is 2.16. The Bertz CT molecular complexity index is 947. The number of allylic oxidation sites excluding steroid dienone is 2. The van der Waals surface area contributed by atoms with Gasteiger partial charge < -0.3 is 14.2 Å². The fraction of sp³-hybridized carbons (Fsp3) is 0.909. The number of unbranched alkanes of at least 4 members (excludes halogenated alkanes) is 37. The van der Waals surface area contributed by atoms with Gasteiger partial charge in [0.05, 0.1) is 0 Å². The largest absolute Gasteiger partial charge is 0.462 e. The first-order chi connectivity index (χ1) is 30.0. The fourth-order valence-electron chi connectivity index (χ4n) is 8.14. The summed E-state index contributed by atoms with van der Waals surface area (Å²) in [4.78, 5) is 38.0. The molecule has 61 heavy (non-hydrogen) atoms. The van der Waals surface area contributed by atoms with E-state index >= 15 is 0 Å². The summed E-state index contributed by atoms with van der Waals surface area (Å²) in [7, 11) is 0. The van der Waals surface area contributed by atoms with Crippen molar-refractivity contribution in [2.24, 2.45) is 0 Å². The van der Waals surface area contributed by atoms with Gasteiger partial charge in [0.25, 0.3) is 0 Å². The Kier molecular flexibility index (Phi) is 49.3. The number of ether oxygens (including phenoxy) is 3. The molecule has 0 aromatic heterocycles. The van der Waals surface area contributed by atoms with Crippen LogP contribution >= 0.6 is 0 Å². The molecule has 0 rings (SSSR count). The van der Waals surface area contributed by atoms with Crippen molar-refractivity contribution < 1.29 is 28.6 Å². The molecule has 1 atom stereocenters. The average Bonchev–Trinajstić information content (AvgIpc) is 3.26. The Morgan fingerprint density at radius 2 is 0.541 bits per heavy atom. The third kappa shape index (κ3) is 49.0. The van der Waals surface area contributed by atoms with Crippen molar-refractivity contribution in [2.75, 3.05) is 13.2 Å². The summed E-state index contributed by atoms with van der Waals surface area (Å²) >= 11 is 0. The molecule has 0 aromatic rings. The molecule has 0 saturated carbocycles. The number of rotatable bonds is 50. The van der Waals surface area contributed by atoms with Crippen molar-refractivity contribution in [2.45, 2.75) is 309 Å². The van der Waals surface area contributed by atoms with Gasteiger partial charge in [-0.15, -0.1) is 0 Å². The van der Waals surface area contributed by atoms with Crippen LogP contribution in [0.5, 0.6) is 0 Å². The molecule has 360 valence electrons. The van der Waals surface area contributed by atoms with Crippen molar-refractivity contribution in [1.82, 2.24) is 0 Å². The van der Waals surface area contributed by atoms with E-state index in [9.17, 15) is 14.4 Å². The number of esters is 3. The summed E-state index contributed by atoms with van der Waals surface area (Å²) in [5.74, 6) is -0.849. The van der Waals surface area contributed by atoms with E-state index in [0.29, 0.717) is 19.3 Å². The molecule has 0 saturated heterocycles. The first-order valence-corrected chi connectivity index (χ1v) is 27.2. The van der Waals surface area contributed by atoms with Crippen LogP contribution < -0.4 is 0 Å². The van der Waals surface area contributed by atoms with Crippen LogP contribution in [0.2, 0.25) is 0 Å². The van der Waals surface area contributed by atoms with E-state index in [1.165, 1.54) is 205 Å². The second-order valence-corrected chi connectivity index (χ2v) is 18.5. The van der Waals surface area contributed by atoms with E-state index in [0.717, 1.165) is 57.8 Å². The van der Waals surface area contributed by atoms with Gasteiger partial charge in [0.1, 0.15) is 13.2 Å². The second-order valence-electron chi connectivity index (χ2n) is 18.5. The van der Waals surface area contributed by atoms with Gasteiger partial charge in [-0.2, -0.15) is 0 Å². The third-order valence-electron chi connectivity index (χ3n) is 12.3. The smallest absolute Gasteiger partial charge is 0.306 e. The lowest BCUT2D eigenvalue weighted by molar-refractivity contribution is -0.167. The van der Waals surface area contributed by atoms with E-state index in [1.807, 2.05) is 0 Å². The van der Waals surface area contributed by atoms with Gasteiger partial charge in [-0.3, -0.25) is 14.4 Å². The molecule has 0 aliphatic carbocycles. The summed E-state index contributed by atoms with van der Waals surface area (Å²) < 4.78 is 16.8. The maximum atomic E-state index is 12.8. The summed E-state index contributed by atoms with van der Waals surface area (Å²) in [5.41, 5.74) is 0. The van der Waals surface area contributed by atoms with Gasteiger partial charge in [-0.25, -0.2) is 0 Å². The molecule has 0 N–H and O–H groups in total. The van der Waals surface area contributed by atoms with Crippen molar-refractivity contribution in [3.05, 3.63) is 12.2 Å². The lowest BCUT2D eigenvalue weighted by atomic mass is 10.0. The Hall–Kier alpha value is -1.85. The SMILES string of the molecule is CCCCCCCC/C=C\CCCCCCCCCCCC(=O)OC[C@H](COC(=O)CCCCCCCCCCCCC)OC(=O)CCCCCCCCCCCCCCC. The number of carbonyl (C=O) groups excluding carboxylic acids is 3. The maximum absolute atomic E-state index is 12.8. The molecular weight excluding hydrogens is 757 g/mol. The van der Waals surface area contributed by atoms with E-state index in [4.69, 9.17) is 14.2 Å². The van der Waals surface area contributed by atoms with Crippen LogP contribution in [0.1, 0.15) is 303 Å². The Balaban J connectivity index is 4.26. The lowest BCUT2D eigenvalue weighted by Crippen LogP contribution is -2.30. The highest BCUT2D eigenvalue weighted by Gasteiger charge is 2.19. The summed E-state index contributed by atoms with van der Waals surface area (Å²) in [5, 5.41) is 0. The number of hydrogen-bond acceptors (Lipinski definition) is 6. The van der Waals surface area contributed by atoms with Crippen LogP contribution in [0.4, 0.5) is 0 Å². The summed E-state index contributed by atoms with van der Waals surface area (Å²) in [6.45, 7) is 6.66. The van der Waals surface area contributed by atoms with Gasteiger partial charge in [0, 0.05) is 19.3 Å². The molecule has 0 bridgehead atoms. The quantitative estimate of drug-likeness (QED) is 0.0262. The van der Waals surface area contributed by atoms with Gasteiger partial charge in [0.2, 0.25) is 0 Å². The molecular formula is C55H104O6. The standard InChI is InChI=1S/C55H104O6/c1-4-7-10-13-16-19-22-24-25-26-27-28-29-31-33-36-39-42-45-48-54(57)60-51-52(50-59-53(56)47-44-41-38-35-32-21-18-15-12-9-6-3)61-55(58)49-46-43-40-37-34-30-23-20-17-14-11-8-5-2/h24-25,52H,4-23,26-51H2,1-3H3/b25-24-/t52-/m0/s1. The van der Waals surface area contributed by atoms with Crippen LogP contribution in [0.15, 0.2) is 12.2 Å². The first kappa shape index (κ1) is 59.1. The zero-order valence-corrected chi connectivity index (χ0v) is 41.2. The van der Waals surface area contributed by atoms with Gasteiger partial charge in [0.15, 0.2) is 6.10 Å². The van der Waals surface area contributed by atoms with Gasteiger partial charge in [-0.1, -0.05) is 251 Å². The monoisotopic (exact) mass is 861 g/mol. The topological polar surface area (TPSA) is 78.9 Å². The van der Waals surface area contributed by atoms with E-state index in [-0.39, 0.29) is 31.1 Å². The average molecular weight is 861 g/mol. The van der Waals surface area contributed by atoms with E-state index in [2.05, 4.69) is 32.9 Å². The van der Waals surface area contributed by atoms with Crippen molar-refractivity contribution in [3.8, 4) is 0 Å². The van der Waals surface area contributed by atoms with Crippen LogP contribution in [-0.2, 0) is 28.6 Å². The predicted molar refractivity (Wildman–Crippen MR) is 261 cm³/mol. The summed E-state index contributed by atoms with van der Waals surface area (Å²) in [6.07, 6.45) is 56.2. The van der Waals surface area contributed by atoms with Crippen LogP contribution in [-0.4, -0.2) is 37.2 Å². The van der Waals surface area contributed by atoms with Crippen molar-refractivity contribution >= 4 is 17.9 Å². The van der Waals surface area contributed by atoms with Gasteiger partial charge in [-0.05, 0) is 44.9 Å². The second kappa shape index (κ2) is 50.8. The lowest BCUT2D eigenvalue weighted by Gasteiger charge is -2.18. The molecule has 0 aromatic carbocycles. The van der Waals surface area contributed by atoms with Crippen LogP contribution in [0.25, 0.3) is 0 Å². The molecule has 0 unspecified atom stereocenters. The number of carbonyl (C=O) groups is 3. The number of hydrogen-bond donors (Lipinski definition) is 0. The molecule has 0 fully saturated rings. The van der Waals surface area contributed by atoms with Crippen molar-refractivity contribution in [3.63, 3.8) is 0 Å². The van der Waals surface area contributed by atoms with Crippen LogP contribution in [0, 0.1) is 0 Å². The van der Waals surface area contributed by atoms with Crippen molar-refractivity contribution in [1.29, 1.82) is 0 Å². The fourth-order valence-corrected chi connectivity index (χ4v) is 8.14. The molecule has 0 aliphatic heterocycles. The Morgan fingerprint density at radius 1 is 0.311 bits per heavy atom. The normalized spacial score (nSPS) is 12.0. The molecule has 0 spiro atoms. The molecule has 0 amide bonds. The first-order valence-electron chi connectivity index (χ1n) is 27.2. The highest BCUT2D eigenvalue weighted by molar-refractivity contribution is 5.71. The minimum Gasteiger partial charge on any atom is -0.462 e. The molecule has 0 aliphatic rings. The van der Waals surface area contributed by atoms with E-state index in [1.54, 1.807) is 0 Å². The molecule has 0 radical (unpaired) electrons. The maximum Gasteiger partial charge on any atom is 0.306 e. The van der Waals surface area contributed by atoms with Crippen LogP contribution in [0.3, 0.4) is 0 Å². The highest BCUT2D eigenvalue weighted by atomic mass is 16.6. The summed E-state index contributed by atoms with van der Waals surface area (Å²) in [6, 6.07) is 0. The zero-order valence-electron chi connectivity index (χ0n) is 41.2. The minimum atomic E-state index is -0.763. The Morgan fingerprint density at radius 3 is 0.820 bits per heavy atom. The minimum absolute atomic E-state index is 0.0650.